The van der Waals surface area contributed by atoms with Crippen LogP contribution >= 0.6 is 11.3 Å². The quantitative estimate of drug-likeness (QED) is 0.228. The third kappa shape index (κ3) is 4.72. The molecule has 0 N–H and O–H groups in total. The first-order chi connectivity index (χ1) is 18.1. The number of amides is 1. The van der Waals surface area contributed by atoms with Crippen molar-refractivity contribution in [2.45, 2.75) is 4.90 Å². The predicted octanol–water partition coefficient (Wildman–Crippen LogP) is 4.47. The zero-order chi connectivity index (χ0) is 27.0. The van der Waals surface area contributed by atoms with Gasteiger partial charge in [-0.05, 0) is 54.6 Å². The SMILES string of the molecule is CN(C)S(=O)(=O)c1ccc(C(=O)N(/N=C/c2coc3ccccc3c2=O)c2nc3ccc(F)cc3s2)cc1. The van der Waals surface area contributed by atoms with Crippen LogP contribution in [0.3, 0.4) is 0 Å². The number of thiazole rings is 1. The average molecular weight is 551 g/mol. The lowest BCUT2D eigenvalue weighted by Crippen LogP contribution is -2.26. The molecule has 12 heteroatoms. The molecule has 0 spiro atoms. The van der Waals surface area contributed by atoms with Crippen LogP contribution in [0.15, 0.2) is 92.2 Å². The van der Waals surface area contributed by atoms with E-state index in [-0.39, 0.29) is 26.6 Å². The molecule has 2 heterocycles. The highest BCUT2D eigenvalue weighted by molar-refractivity contribution is 7.89. The first kappa shape index (κ1) is 25.4. The smallest absolute Gasteiger partial charge is 0.280 e. The van der Waals surface area contributed by atoms with Crippen LogP contribution in [0.25, 0.3) is 21.2 Å². The number of sulfonamides is 1. The average Bonchev–Trinajstić information content (AvgIpc) is 3.32. The van der Waals surface area contributed by atoms with Crippen LogP contribution in [0, 0.1) is 5.82 Å². The first-order valence-electron chi connectivity index (χ1n) is 11.1. The lowest BCUT2D eigenvalue weighted by molar-refractivity contribution is 0.0987. The summed E-state index contributed by atoms with van der Waals surface area (Å²) >= 11 is 1.03. The van der Waals surface area contributed by atoms with Crippen LogP contribution in [-0.4, -0.2) is 43.9 Å². The minimum Gasteiger partial charge on any atom is -0.463 e. The monoisotopic (exact) mass is 550 g/mol. The second-order valence-electron chi connectivity index (χ2n) is 8.30. The van der Waals surface area contributed by atoms with Crippen molar-refractivity contribution >= 4 is 59.8 Å². The minimum absolute atomic E-state index is 0.0123. The van der Waals surface area contributed by atoms with Crippen LogP contribution in [0.2, 0.25) is 0 Å². The number of halogens is 1. The van der Waals surface area contributed by atoms with E-state index in [0.717, 1.165) is 20.7 Å². The van der Waals surface area contributed by atoms with Gasteiger partial charge in [-0.3, -0.25) is 9.59 Å². The van der Waals surface area contributed by atoms with Gasteiger partial charge in [0.05, 0.1) is 32.3 Å². The van der Waals surface area contributed by atoms with Gasteiger partial charge in [0.1, 0.15) is 17.7 Å². The van der Waals surface area contributed by atoms with Crippen molar-refractivity contribution in [3.8, 4) is 0 Å². The van der Waals surface area contributed by atoms with E-state index in [0.29, 0.717) is 21.2 Å². The van der Waals surface area contributed by atoms with E-state index in [1.54, 1.807) is 24.3 Å². The van der Waals surface area contributed by atoms with Gasteiger partial charge in [0.25, 0.3) is 5.91 Å². The number of fused-ring (bicyclic) bond motifs is 2. The molecule has 1 amide bonds. The third-order valence-electron chi connectivity index (χ3n) is 5.61. The largest absolute Gasteiger partial charge is 0.463 e. The van der Waals surface area contributed by atoms with Crippen molar-refractivity contribution in [1.29, 1.82) is 0 Å². The zero-order valence-electron chi connectivity index (χ0n) is 20.0. The summed E-state index contributed by atoms with van der Waals surface area (Å²) in [5.74, 6) is -1.10. The maximum absolute atomic E-state index is 13.8. The maximum Gasteiger partial charge on any atom is 0.280 e. The van der Waals surface area contributed by atoms with Gasteiger partial charge in [-0.25, -0.2) is 22.1 Å². The van der Waals surface area contributed by atoms with E-state index in [1.807, 2.05) is 0 Å². The maximum atomic E-state index is 13.8. The van der Waals surface area contributed by atoms with Crippen molar-refractivity contribution in [2.24, 2.45) is 5.10 Å². The number of hydrazone groups is 1. The molecular weight excluding hydrogens is 531 g/mol. The Labute approximate surface area is 220 Å². The molecular formula is C26H19FN4O5S2. The number of carbonyl (C=O) groups excluding carboxylic acids is 1. The number of hydrogen-bond donors (Lipinski definition) is 0. The third-order valence-corrected chi connectivity index (χ3v) is 8.43. The Morgan fingerprint density at radius 1 is 1.08 bits per heavy atom. The summed E-state index contributed by atoms with van der Waals surface area (Å²) in [6.07, 6.45) is 2.43. The number of aromatic nitrogens is 1. The highest BCUT2D eigenvalue weighted by Crippen LogP contribution is 2.31. The summed E-state index contributed by atoms with van der Waals surface area (Å²) in [5, 5.41) is 5.71. The Morgan fingerprint density at radius 2 is 1.82 bits per heavy atom. The molecule has 3 aromatic carbocycles. The lowest BCUT2D eigenvalue weighted by atomic mass is 10.2. The molecule has 0 aliphatic rings. The van der Waals surface area contributed by atoms with E-state index >= 15 is 0 Å². The second kappa shape index (κ2) is 9.89. The molecule has 0 bridgehead atoms. The van der Waals surface area contributed by atoms with Gasteiger partial charge in [-0.15, -0.1) is 0 Å². The first-order valence-corrected chi connectivity index (χ1v) is 13.4. The lowest BCUT2D eigenvalue weighted by Gasteiger charge is -2.15. The molecule has 9 nitrogen and oxygen atoms in total. The van der Waals surface area contributed by atoms with Crippen LogP contribution in [0.1, 0.15) is 15.9 Å². The Kier molecular flexibility index (Phi) is 6.61. The summed E-state index contributed by atoms with van der Waals surface area (Å²) in [4.78, 5) is 30.9. The molecule has 0 radical (unpaired) electrons. The minimum atomic E-state index is -3.69. The number of para-hydroxylation sites is 1. The Balaban J connectivity index is 1.57. The normalized spacial score (nSPS) is 12.1. The van der Waals surface area contributed by atoms with Crippen LogP contribution in [0.4, 0.5) is 9.52 Å². The van der Waals surface area contributed by atoms with E-state index in [9.17, 15) is 22.4 Å². The molecule has 0 saturated carbocycles. The number of nitrogens with zero attached hydrogens (tertiary/aromatic N) is 4. The molecule has 192 valence electrons. The zero-order valence-corrected chi connectivity index (χ0v) is 21.7. The topological polar surface area (TPSA) is 113 Å². The standard InChI is InChI=1S/C26H19FN4O5S2/c1-30(2)38(34,35)19-10-7-16(8-11-19)25(33)31(26-29-21-12-9-18(27)13-23(21)37-26)28-14-17-15-36-22-6-4-3-5-20(22)24(17)32/h3-15H,1-2H3/b28-14+. The summed E-state index contributed by atoms with van der Waals surface area (Å²) in [7, 11) is -0.881. The molecule has 0 aliphatic carbocycles. The van der Waals surface area contributed by atoms with E-state index in [4.69, 9.17) is 4.42 Å². The van der Waals surface area contributed by atoms with Gasteiger partial charge < -0.3 is 4.42 Å². The van der Waals surface area contributed by atoms with Gasteiger partial charge in [0.15, 0.2) is 0 Å². The molecule has 5 rings (SSSR count). The molecule has 0 unspecified atom stereocenters. The van der Waals surface area contributed by atoms with Crippen LogP contribution in [-0.2, 0) is 10.0 Å². The number of benzene rings is 3. The van der Waals surface area contributed by atoms with Gasteiger partial charge in [-0.2, -0.15) is 10.1 Å². The van der Waals surface area contributed by atoms with E-state index < -0.39 is 21.7 Å². The summed E-state index contributed by atoms with van der Waals surface area (Å²) in [5.41, 5.74) is 0.741. The number of rotatable bonds is 6. The van der Waals surface area contributed by atoms with Gasteiger partial charge in [-0.1, -0.05) is 23.5 Å². The Hall–Kier alpha value is -4.26. The van der Waals surface area contributed by atoms with Crippen molar-refractivity contribution in [3.05, 3.63) is 100 Å². The molecule has 5 aromatic rings. The summed E-state index contributed by atoms with van der Waals surface area (Å²) in [6.45, 7) is 0. The van der Waals surface area contributed by atoms with E-state index in [1.165, 1.54) is 69.0 Å². The Bertz CT molecular complexity index is 1880. The number of carbonyl (C=O) groups is 1. The highest BCUT2D eigenvalue weighted by Gasteiger charge is 2.23. The van der Waals surface area contributed by atoms with Crippen LogP contribution in [0.5, 0.6) is 0 Å². The number of anilines is 1. The predicted molar refractivity (Wildman–Crippen MR) is 144 cm³/mol. The fourth-order valence-corrected chi connectivity index (χ4v) is 5.42. The molecule has 2 aromatic heterocycles. The Morgan fingerprint density at radius 3 is 2.55 bits per heavy atom. The van der Waals surface area contributed by atoms with Crippen molar-refractivity contribution in [2.75, 3.05) is 19.1 Å². The molecule has 0 saturated heterocycles. The van der Waals surface area contributed by atoms with E-state index in [2.05, 4.69) is 10.1 Å². The number of hydrogen-bond acceptors (Lipinski definition) is 8. The second-order valence-corrected chi connectivity index (χ2v) is 11.5. The molecule has 0 atom stereocenters. The van der Waals surface area contributed by atoms with Gasteiger partial charge in [0, 0.05) is 19.7 Å². The fraction of sp³-hybridized carbons (Fsp3) is 0.0769. The van der Waals surface area contributed by atoms with Crippen molar-refractivity contribution in [3.63, 3.8) is 0 Å². The summed E-state index contributed by atoms with van der Waals surface area (Å²) in [6, 6.07) is 16.1. The molecule has 0 fully saturated rings. The van der Waals surface area contributed by atoms with Crippen LogP contribution < -0.4 is 10.4 Å². The summed E-state index contributed by atoms with van der Waals surface area (Å²) < 4.78 is 45.7. The fourth-order valence-electron chi connectivity index (χ4n) is 3.57. The van der Waals surface area contributed by atoms with Crippen molar-refractivity contribution in [1.82, 2.24) is 9.29 Å². The molecule has 38 heavy (non-hydrogen) atoms. The van der Waals surface area contributed by atoms with Crippen molar-refractivity contribution < 1.29 is 22.0 Å². The highest BCUT2D eigenvalue weighted by atomic mass is 32.2. The van der Waals surface area contributed by atoms with Gasteiger partial charge >= 0.3 is 0 Å². The molecule has 0 aliphatic heterocycles. The van der Waals surface area contributed by atoms with Gasteiger partial charge in [0.2, 0.25) is 20.6 Å².